The number of aryl methyl sites for hydroxylation is 1. The van der Waals surface area contributed by atoms with Gasteiger partial charge in [0.15, 0.2) is 11.6 Å². The molecule has 1 aliphatic heterocycles. The van der Waals surface area contributed by atoms with Crippen LogP contribution in [0.3, 0.4) is 0 Å². The number of aromatic hydroxyl groups is 1. The monoisotopic (exact) mass is 235 g/mol. The fraction of sp³-hybridized carbons (Fsp3) is 0.500. The highest BCUT2D eigenvalue weighted by Gasteiger charge is 2.36. The van der Waals surface area contributed by atoms with Crippen LogP contribution >= 0.6 is 0 Å². The van der Waals surface area contributed by atoms with Gasteiger partial charge in [-0.25, -0.2) is 4.98 Å². The van der Waals surface area contributed by atoms with E-state index in [-0.39, 0.29) is 17.5 Å². The van der Waals surface area contributed by atoms with Crippen molar-refractivity contribution in [3.05, 3.63) is 17.8 Å². The topological polar surface area (TPSA) is 74.2 Å². The molecule has 1 aliphatic rings. The van der Waals surface area contributed by atoms with E-state index in [0.717, 1.165) is 25.1 Å². The van der Waals surface area contributed by atoms with Crippen LogP contribution in [0.5, 0.6) is 5.75 Å². The molecule has 2 rings (SSSR count). The van der Waals surface area contributed by atoms with E-state index >= 15 is 0 Å². The van der Waals surface area contributed by atoms with E-state index in [0.29, 0.717) is 0 Å². The number of hydrogen-bond acceptors (Lipinski definition) is 4. The Kier molecular flexibility index (Phi) is 3.02. The molecule has 0 radical (unpaired) electrons. The van der Waals surface area contributed by atoms with Crippen LogP contribution in [0.25, 0.3) is 0 Å². The number of aromatic nitrogens is 1. The first kappa shape index (κ1) is 11.9. The smallest absolute Gasteiger partial charge is 0.245 e. The number of hydrogen-bond donors (Lipinski definition) is 3. The molecular weight excluding hydrogens is 218 g/mol. The van der Waals surface area contributed by atoms with Crippen LogP contribution in [0, 0.1) is 6.92 Å². The Morgan fingerprint density at radius 2 is 2.35 bits per heavy atom. The van der Waals surface area contributed by atoms with Crippen molar-refractivity contribution in [3.8, 4) is 5.75 Å². The Labute approximate surface area is 100 Å². The average molecular weight is 235 g/mol. The number of pyridine rings is 1. The van der Waals surface area contributed by atoms with Crippen LogP contribution in [0.2, 0.25) is 0 Å². The first-order valence-corrected chi connectivity index (χ1v) is 5.74. The predicted molar refractivity (Wildman–Crippen MR) is 64.9 cm³/mol. The summed E-state index contributed by atoms with van der Waals surface area (Å²) in [6, 6.07) is 3.23. The summed E-state index contributed by atoms with van der Waals surface area (Å²) >= 11 is 0. The van der Waals surface area contributed by atoms with Crippen LogP contribution in [0.4, 0.5) is 5.82 Å². The third-order valence-corrected chi connectivity index (χ3v) is 3.11. The van der Waals surface area contributed by atoms with Gasteiger partial charge in [-0.1, -0.05) is 0 Å². The highest BCUT2D eigenvalue weighted by molar-refractivity contribution is 5.98. The van der Waals surface area contributed by atoms with Crippen molar-refractivity contribution in [2.24, 2.45) is 0 Å². The lowest BCUT2D eigenvalue weighted by Crippen LogP contribution is -2.48. The van der Waals surface area contributed by atoms with Gasteiger partial charge in [0, 0.05) is 5.69 Å². The predicted octanol–water partition coefficient (Wildman–Crippen LogP) is 1.18. The zero-order valence-electron chi connectivity index (χ0n) is 10.1. The molecule has 0 aromatic carbocycles. The molecule has 1 saturated heterocycles. The molecule has 1 unspecified atom stereocenters. The maximum absolute atomic E-state index is 12.1. The Bertz CT molecular complexity index is 439. The van der Waals surface area contributed by atoms with Gasteiger partial charge in [0.1, 0.15) is 0 Å². The van der Waals surface area contributed by atoms with E-state index in [1.807, 2.05) is 13.8 Å². The van der Waals surface area contributed by atoms with Crippen LogP contribution < -0.4 is 10.6 Å². The number of amides is 1. The van der Waals surface area contributed by atoms with E-state index in [4.69, 9.17) is 0 Å². The van der Waals surface area contributed by atoms with Crippen molar-refractivity contribution in [2.75, 3.05) is 11.9 Å². The molecule has 0 aliphatic carbocycles. The van der Waals surface area contributed by atoms with Crippen LogP contribution in [-0.2, 0) is 4.79 Å². The van der Waals surface area contributed by atoms with Gasteiger partial charge < -0.3 is 15.7 Å². The summed E-state index contributed by atoms with van der Waals surface area (Å²) in [4.78, 5) is 16.2. The largest absolute Gasteiger partial charge is 0.504 e. The van der Waals surface area contributed by atoms with Gasteiger partial charge in [0.05, 0.1) is 5.54 Å². The van der Waals surface area contributed by atoms with Crippen LogP contribution in [-0.4, -0.2) is 28.1 Å². The molecule has 1 atom stereocenters. The molecule has 0 saturated carbocycles. The molecule has 92 valence electrons. The molecule has 1 aromatic heterocycles. The molecule has 1 fully saturated rings. The lowest BCUT2D eigenvalue weighted by molar-refractivity contribution is -0.121. The molecular formula is C12H17N3O2. The number of anilines is 1. The van der Waals surface area contributed by atoms with E-state index in [2.05, 4.69) is 15.6 Å². The maximum atomic E-state index is 12.1. The Morgan fingerprint density at radius 1 is 1.59 bits per heavy atom. The number of rotatable bonds is 2. The molecule has 17 heavy (non-hydrogen) atoms. The van der Waals surface area contributed by atoms with Gasteiger partial charge >= 0.3 is 0 Å². The molecule has 5 nitrogen and oxygen atoms in total. The van der Waals surface area contributed by atoms with Gasteiger partial charge in [-0.3, -0.25) is 4.79 Å². The van der Waals surface area contributed by atoms with Gasteiger partial charge in [-0.15, -0.1) is 0 Å². The van der Waals surface area contributed by atoms with E-state index < -0.39 is 5.54 Å². The highest BCUT2D eigenvalue weighted by Crippen LogP contribution is 2.24. The summed E-state index contributed by atoms with van der Waals surface area (Å²) in [5, 5.41) is 15.4. The molecule has 1 amide bonds. The van der Waals surface area contributed by atoms with Gasteiger partial charge in [-0.05, 0) is 45.4 Å². The van der Waals surface area contributed by atoms with Gasteiger partial charge in [0.2, 0.25) is 5.91 Å². The highest BCUT2D eigenvalue weighted by atomic mass is 16.3. The lowest BCUT2D eigenvalue weighted by atomic mass is 9.99. The molecule has 0 spiro atoms. The van der Waals surface area contributed by atoms with Crippen molar-refractivity contribution in [3.63, 3.8) is 0 Å². The normalized spacial score (nSPS) is 23.6. The second-order valence-electron chi connectivity index (χ2n) is 4.64. The first-order valence-electron chi connectivity index (χ1n) is 5.74. The quantitative estimate of drug-likeness (QED) is 0.719. The SMILES string of the molecule is Cc1ccc(O)c(NC(=O)C2(C)CCCN2)n1. The van der Waals surface area contributed by atoms with E-state index in [9.17, 15) is 9.90 Å². The fourth-order valence-corrected chi connectivity index (χ4v) is 1.98. The Hall–Kier alpha value is -1.62. The van der Waals surface area contributed by atoms with Crippen LogP contribution in [0.15, 0.2) is 12.1 Å². The summed E-state index contributed by atoms with van der Waals surface area (Å²) in [5.41, 5.74) is 0.195. The lowest BCUT2D eigenvalue weighted by Gasteiger charge is -2.22. The molecule has 3 N–H and O–H groups in total. The summed E-state index contributed by atoms with van der Waals surface area (Å²) in [6.07, 6.45) is 1.78. The first-order chi connectivity index (χ1) is 8.01. The number of nitrogens with one attached hydrogen (secondary N) is 2. The molecule has 1 aromatic rings. The van der Waals surface area contributed by atoms with Gasteiger partial charge in [-0.2, -0.15) is 0 Å². The number of carbonyl (C=O) groups is 1. The van der Waals surface area contributed by atoms with Crippen molar-refractivity contribution in [2.45, 2.75) is 32.2 Å². The Morgan fingerprint density at radius 3 is 3.00 bits per heavy atom. The summed E-state index contributed by atoms with van der Waals surface area (Å²) in [7, 11) is 0. The number of carbonyl (C=O) groups excluding carboxylic acids is 1. The summed E-state index contributed by atoms with van der Waals surface area (Å²) < 4.78 is 0. The number of nitrogens with zero attached hydrogens (tertiary/aromatic N) is 1. The fourth-order valence-electron chi connectivity index (χ4n) is 1.98. The average Bonchev–Trinajstić information content (AvgIpc) is 2.72. The minimum atomic E-state index is -0.558. The zero-order valence-corrected chi connectivity index (χ0v) is 10.1. The van der Waals surface area contributed by atoms with Crippen molar-refractivity contribution in [1.82, 2.24) is 10.3 Å². The third-order valence-electron chi connectivity index (χ3n) is 3.11. The van der Waals surface area contributed by atoms with E-state index in [1.54, 1.807) is 6.07 Å². The van der Waals surface area contributed by atoms with Crippen molar-refractivity contribution in [1.29, 1.82) is 0 Å². The second-order valence-corrected chi connectivity index (χ2v) is 4.64. The van der Waals surface area contributed by atoms with Gasteiger partial charge in [0.25, 0.3) is 0 Å². The minimum absolute atomic E-state index is 0.00875. The Balaban J connectivity index is 2.15. The minimum Gasteiger partial charge on any atom is -0.504 e. The van der Waals surface area contributed by atoms with Crippen LogP contribution in [0.1, 0.15) is 25.5 Å². The molecule has 2 heterocycles. The molecule has 5 heteroatoms. The third kappa shape index (κ3) is 2.39. The summed E-state index contributed by atoms with van der Waals surface area (Å²) in [5.74, 6) is 0.0684. The molecule has 0 bridgehead atoms. The second kappa shape index (κ2) is 4.33. The standard InChI is InChI=1S/C12H17N3O2/c1-8-4-5-9(16)10(14-8)15-11(17)12(2)6-3-7-13-12/h4-5,13,16H,3,6-7H2,1-2H3,(H,14,15,17). The zero-order chi connectivity index (χ0) is 12.5. The maximum Gasteiger partial charge on any atom is 0.245 e. The van der Waals surface area contributed by atoms with Crippen molar-refractivity contribution < 1.29 is 9.90 Å². The van der Waals surface area contributed by atoms with E-state index in [1.165, 1.54) is 6.07 Å². The summed E-state index contributed by atoms with van der Waals surface area (Å²) in [6.45, 7) is 4.52. The van der Waals surface area contributed by atoms with Crippen molar-refractivity contribution >= 4 is 11.7 Å².